The first-order valence-corrected chi connectivity index (χ1v) is 11.8. The van der Waals surface area contributed by atoms with Gasteiger partial charge in [-0.05, 0) is 25.0 Å². The molecule has 1 N–H and O–H groups in total. The summed E-state index contributed by atoms with van der Waals surface area (Å²) in [4.78, 5) is 58.7. The normalized spacial score (nSPS) is 23.6. The van der Waals surface area contributed by atoms with Crippen molar-refractivity contribution in [2.24, 2.45) is 0 Å². The molecule has 2 heterocycles. The highest BCUT2D eigenvalue weighted by Crippen LogP contribution is 2.35. The fourth-order valence-corrected chi connectivity index (χ4v) is 4.63. The van der Waals surface area contributed by atoms with Crippen molar-refractivity contribution in [2.75, 3.05) is 6.61 Å². The van der Waals surface area contributed by atoms with Gasteiger partial charge in [0.05, 0.1) is 4.70 Å². The summed E-state index contributed by atoms with van der Waals surface area (Å²) in [6.07, 6.45) is -4.85. The van der Waals surface area contributed by atoms with Crippen molar-refractivity contribution in [1.29, 1.82) is 0 Å². The molecule has 1 aromatic carbocycles. The van der Waals surface area contributed by atoms with Crippen molar-refractivity contribution in [3.05, 3.63) is 26.9 Å². The maximum atomic E-state index is 12.1. The predicted molar refractivity (Wildman–Crippen MR) is 124 cm³/mol. The zero-order valence-corrected chi connectivity index (χ0v) is 21.4. The second-order valence-electron chi connectivity index (χ2n) is 8.24. The van der Waals surface area contributed by atoms with Gasteiger partial charge in [-0.15, -0.1) is 0 Å². The fourth-order valence-electron chi connectivity index (χ4n) is 3.87. The standard InChI is InChI=1S/C23H27NO11S/c1-9-10(2)19-17(36-23(29)35-19)7-15(9)33-22-18(24-11(3)25)21(32-14(6)28)20(31-13(5)27)16(34-22)8-30-12(4)26/h7,16,18,20-22H,8H2,1-6H3,(H,24,25)/t16-,18-,20+,21+,22+/m0/s1. The van der Waals surface area contributed by atoms with Gasteiger partial charge in [0.1, 0.15) is 24.5 Å². The number of rotatable bonds is 7. The van der Waals surface area contributed by atoms with Crippen LogP contribution in [0.2, 0.25) is 0 Å². The van der Waals surface area contributed by atoms with E-state index in [4.69, 9.17) is 28.1 Å². The Balaban J connectivity index is 2.07. The first-order chi connectivity index (χ1) is 16.9. The van der Waals surface area contributed by atoms with E-state index in [9.17, 15) is 24.0 Å². The van der Waals surface area contributed by atoms with Crippen molar-refractivity contribution in [3.8, 4) is 5.75 Å². The molecule has 12 nitrogen and oxygen atoms in total. The largest absolute Gasteiger partial charge is 0.463 e. The van der Waals surface area contributed by atoms with Crippen LogP contribution in [0, 0.1) is 13.8 Å². The number of amides is 1. The molecule has 3 rings (SSSR count). The molecule has 0 aliphatic carbocycles. The molecule has 1 aliphatic heterocycles. The number of ether oxygens (including phenoxy) is 5. The first-order valence-electron chi connectivity index (χ1n) is 11.0. The van der Waals surface area contributed by atoms with Gasteiger partial charge < -0.3 is 33.4 Å². The van der Waals surface area contributed by atoms with Gasteiger partial charge in [0.2, 0.25) is 12.2 Å². The maximum absolute atomic E-state index is 12.1. The van der Waals surface area contributed by atoms with E-state index in [1.165, 1.54) is 13.8 Å². The van der Waals surface area contributed by atoms with E-state index in [2.05, 4.69) is 5.32 Å². The monoisotopic (exact) mass is 525 g/mol. The average Bonchev–Trinajstić information content (AvgIpc) is 3.13. The third-order valence-corrected chi connectivity index (χ3v) is 6.22. The third-order valence-electron chi connectivity index (χ3n) is 5.45. The van der Waals surface area contributed by atoms with Crippen LogP contribution >= 0.6 is 11.3 Å². The predicted octanol–water partition coefficient (Wildman–Crippen LogP) is 1.51. The molecule has 0 radical (unpaired) electrons. The molecular formula is C23H27NO11S. The second kappa shape index (κ2) is 11.1. The zero-order valence-electron chi connectivity index (χ0n) is 20.6. The van der Waals surface area contributed by atoms with Crippen molar-refractivity contribution < 1.29 is 47.3 Å². The highest BCUT2D eigenvalue weighted by atomic mass is 32.1. The molecule has 13 heteroatoms. The topological polar surface area (TPSA) is 157 Å². The van der Waals surface area contributed by atoms with Crippen LogP contribution in [0.3, 0.4) is 0 Å². The summed E-state index contributed by atoms with van der Waals surface area (Å²) in [5.41, 5.74) is 1.73. The highest BCUT2D eigenvalue weighted by molar-refractivity contribution is 7.16. The van der Waals surface area contributed by atoms with Crippen LogP contribution in [0.5, 0.6) is 5.75 Å². The minimum Gasteiger partial charge on any atom is -0.463 e. The number of hydrogen-bond donors (Lipinski definition) is 1. The molecule has 1 amide bonds. The summed E-state index contributed by atoms with van der Waals surface area (Å²) in [5, 5.41) is 2.64. The van der Waals surface area contributed by atoms with Crippen molar-refractivity contribution in [3.63, 3.8) is 0 Å². The number of hydrogen-bond acceptors (Lipinski definition) is 12. The van der Waals surface area contributed by atoms with Gasteiger partial charge in [-0.1, -0.05) is 11.3 Å². The quantitative estimate of drug-likeness (QED) is 0.413. The van der Waals surface area contributed by atoms with Gasteiger partial charge in [-0.25, -0.2) is 4.79 Å². The molecule has 1 saturated heterocycles. The van der Waals surface area contributed by atoms with Crippen LogP contribution in [0.1, 0.15) is 38.8 Å². The van der Waals surface area contributed by atoms with Crippen molar-refractivity contribution >= 4 is 45.4 Å². The number of carbonyl (C=O) groups excluding carboxylic acids is 4. The molecule has 196 valence electrons. The van der Waals surface area contributed by atoms with E-state index in [1.807, 2.05) is 0 Å². The van der Waals surface area contributed by atoms with Crippen LogP contribution < -0.4 is 15.0 Å². The van der Waals surface area contributed by atoms with Gasteiger partial charge in [0.25, 0.3) is 0 Å². The van der Waals surface area contributed by atoms with E-state index >= 15 is 0 Å². The lowest BCUT2D eigenvalue weighted by Crippen LogP contribution is -2.67. The van der Waals surface area contributed by atoms with Gasteiger partial charge in [0, 0.05) is 33.8 Å². The SMILES string of the molecule is CC(=O)N[C@@H]1[C@H](Oc2cc3sc(=O)oc3c(C)c2C)O[C@@H](COC(C)=O)[C@@H](OC(C)=O)[C@@H]1OC(C)=O. The van der Waals surface area contributed by atoms with E-state index in [0.29, 0.717) is 27.2 Å². The summed E-state index contributed by atoms with van der Waals surface area (Å²) < 4.78 is 33.9. The lowest BCUT2D eigenvalue weighted by atomic mass is 9.96. The number of aryl methyl sites for hydroxylation is 1. The van der Waals surface area contributed by atoms with Crippen molar-refractivity contribution in [2.45, 2.75) is 72.2 Å². The van der Waals surface area contributed by atoms with E-state index < -0.39 is 59.4 Å². The van der Waals surface area contributed by atoms with E-state index in [1.54, 1.807) is 19.9 Å². The lowest BCUT2D eigenvalue weighted by molar-refractivity contribution is -0.257. The van der Waals surface area contributed by atoms with Crippen LogP contribution in [0.4, 0.5) is 0 Å². The molecule has 0 bridgehead atoms. The number of fused-ring (bicyclic) bond motifs is 1. The highest BCUT2D eigenvalue weighted by Gasteiger charge is 2.52. The van der Waals surface area contributed by atoms with Crippen LogP contribution in [-0.2, 0) is 38.1 Å². The van der Waals surface area contributed by atoms with Gasteiger partial charge in [-0.3, -0.25) is 19.2 Å². The summed E-state index contributed by atoms with van der Waals surface area (Å²) in [6.45, 7) is 7.91. The Morgan fingerprint density at radius 1 is 0.972 bits per heavy atom. The van der Waals surface area contributed by atoms with E-state index in [0.717, 1.165) is 25.2 Å². The molecule has 0 spiro atoms. The Hall–Kier alpha value is -3.45. The molecule has 1 fully saturated rings. The maximum Gasteiger partial charge on any atom is 0.396 e. The Morgan fingerprint density at radius 2 is 1.61 bits per heavy atom. The zero-order chi connectivity index (χ0) is 26.7. The summed E-state index contributed by atoms with van der Waals surface area (Å²) >= 11 is 0.894. The third kappa shape index (κ3) is 6.21. The van der Waals surface area contributed by atoms with Crippen molar-refractivity contribution in [1.82, 2.24) is 5.32 Å². The minimum absolute atomic E-state index is 0.316. The molecule has 0 saturated carbocycles. The molecule has 2 aromatic rings. The summed E-state index contributed by atoms with van der Waals surface area (Å²) in [6, 6.07) is 0.476. The molecule has 0 unspecified atom stereocenters. The molecule has 1 aliphatic rings. The number of esters is 3. The molecule has 36 heavy (non-hydrogen) atoms. The first kappa shape index (κ1) is 27.1. The Morgan fingerprint density at radius 3 is 2.19 bits per heavy atom. The van der Waals surface area contributed by atoms with Crippen LogP contribution in [-0.4, -0.2) is 61.1 Å². The molecule has 5 atom stereocenters. The number of carbonyl (C=O) groups is 4. The van der Waals surface area contributed by atoms with E-state index in [-0.39, 0.29) is 6.61 Å². The molecular weight excluding hydrogens is 498 g/mol. The lowest BCUT2D eigenvalue weighted by Gasteiger charge is -2.44. The Kier molecular flexibility index (Phi) is 8.35. The smallest absolute Gasteiger partial charge is 0.396 e. The number of benzene rings is 1. The minimum atomic E-state index is -1.27. The summed E-state index contributed by atoms with van der Waals surface area (Å²) in [7, 11) is 0. The van der Waals surface area contributed by atoms with Gasteiger partial charge in [0.15, 0.2) is 17.8 Å². The Bertz CT molecular complexity index is 1230. The fraction of sp³-hybridized carbons (Fsp3) is 0.522. The van der Waals surface area contributed by atoms with Crippen LogP contribution in [0.25, 0.3) is 10.3 Å². The summed E-state index contributed by atoms with van der Waals surface area (Å²) in [5.74, 6) is -2.21. The van der Waals surface area contributed by atoms with Crippen LogP contribution in [0.15, 0.2) is 15.3 Å². The molecule has 1 aromatic heterocycles. The number of nitrogens with one attached hydrogen (secondary N) is 1. The van der Waals surface area contributed by atoms with Gasteiger partial charge in [-0.2, -0.15) is 0 Å². The second-order valence-corrected chi connectivity index (χ2v) is 9.22. The Labute approximate surface area is 209 Å². The average molecular weight is 526 g/mol. The van der Waals surface area contributed by atoms with Gasteiger partial charge >= 0.3 is 22.8 Å².